The van der Waals surface area contributed by atoms with Crippen LogP contribution in [-0.4, -0.2) is 65.5 Å². The summed E-state index contributed by atoms with van der Waals surface area (Å²) < 4.78 is 39.3. The van der Waals surface area contributed by atoms with Gasteiger partial charge in [-0.3, -0.25) is 0 Å². The third-order valence-corrected chi connectivity index (χ3v) is 5.31. The molecule has 0 radical (unpaired) electrons. The molecule has 1 aromatic carbocycles. The fourth-order valence-corrected chi connectivity index (χ4v) is 3.77. The van der Waals surface area contributed by atoms with Gasteiger partial charge in [0.2, 0.25) is 5.75 Å². The summed E-state index contributed by atoms with van der Waals surface area (Å²) in [5.41, 5.74) is -0.368. The zero-order chi connectivity index (χ0) is 21.3. The van der Waals surface area contributed by atoms with Gasteiger partial charge in [0.15, 0.2) is 23.3 Å². The van der Waals surface area contributed by atoms with Gasteiger partial charge in [-0.25, -0.2) is 23.5 Å². The van der Waals surface area contributed by atoms with E-state index in [-0.39, 0.29) is 23.3 Å². The number of benzene rings is 1. The second kappa shape index (κ2) is 8.17. The van der Waals surface area contributed by atoms with Crippen LogP contribution >= 0.6 is 0 Å². The lowest BCUT2D eigenvalue weighted by molar-refractivity contribution is 0.130. The van der Waals surface area contributed by atoms with Gasteiger partial charge < -0.3 is 29.7 Å². The zero-order valence-electron chi connectivity index (χ0n) is 16.3. The fourth-order valence-electron chi connectivity index (χ4n) is 3.77. The Labute approximate surface area is 171 Å². The molecule has 0 atom stereocenters. The van der Waals surface area contributed by atoms with E-state index in [0.717, 1.165) is 12.1 Å². The highest BCUT2D eigenvalue weighted by molar-refractivity contribution is 5.72. The summed E-state index contributed by atoms with van der Waals surface area (Å²) in [6.45, 7) is 1.80. The molecule has 0 spiro atoms. The van der Waals surface area contributed by atoms with Crippen molar-refractivity contribution in [1.29, 1.82) is 0 Å². The Balaban J connectivity index is 1.59. The first kappa shape index (κ1) is 19.9. The number of methoxy groups -OCH3 is 1. The number of fused-ring (bicyclic) bond motifs is 1. The van der Waals surface area contributed by atoms with E-state index in [1.807, 2.05) is 4.90 Å². The number of nitrogens with zero attached hydrogens (tertiary/aromatic N) is 4. The van der Waals surface area contributed by atoms with Crippen molar-refractivity contribution in [3.8, 4) is 11.5 Å². The lowest BCUT2D eigenvalue weighted by Crippen LogP contribution is -2.49. The second-order valence-electron chi connectivity index (χ2n) is 7.01. The average Bonchev–Trinajstić information content (AvgIpc) is 2.75. The van der Waals surface area contributed by atoms with Gasteiger partial charge in [0.05, 0.1) is 13.7 Å². The van der Waals surface area contributed by atoms with Crippen molar-refractivity contribution in [2.75, 3.05) is 43.6 Å². The molecule has 1 amide bonds. The smallest absolute Gasteiger partial charge is 0.407 e. The molecule has 3 heterocycles. The molecule has 0 saturated carbocycles. The minimum absolute atomic E-state index is 0.0652. The zero-order valence-corrected chi connectivity index (χ0v) is 16.3. The maximum atomic E-state index is 14.4. The maximum absolute atomic E-state index is 14.4. The lowest BCUT2D eigenvalue weighted by atomic mass is 10.0. The number of carboxylic acid groups (broad SMARTS) is 1. The summed E-state index contributed by atoms with van der Waals surface area (Å²) in [4.78, 5) is 23.0. The summed E-state index contributed by atoms with van der Waals surface area (Å²) in [6.07, 6.45) is 1.68. The number of ether oxygens (including phenoxy) is 2. The predicted octanol–water partition coefficient (Wildman–Crippen LogP) is 2.85. The molecule has 160 valence electrons. The van der Waals surface area contributed by atoms with E-state index < -0.39 is 17.7 Å². The number of aromatic nitrogens is 2. The lowest BCUT2D eigenvalue weighted by Gasteiger charge is -2.40. The Hall–Kier alpha value is -3.37. The van der Waals surface area contributed by atoms with Crippen molar-refractivity contribution in [2.24, 2.45) is 0 Å². The Morgan fingerprint density at radius 1 is 1.23 bits per heavy atom. The normalized spacial score (nSPS) is 16.6. The van der Waals surface area contributed by atoms with Crippen LogP contribution in [0.15, 0.2) is 18.5 Å². The van der Waals surface area contributed by atoms with Crippen LogP contribution in [0.2, 0.25) is 0 Å². The number of amides is 1. The van der Waals surface area contributed by atoms with Crippen molar-refractivity contribution in [3.63, 3.8) is 0 Å². The molecule has 2 aliphatic heterocycles. The summed E-state index contributed by atoms with van der Waals surface area (Å²) >= 11 is 0. The first-order valence-corrected chi connectivity index (χ1v) is 9.50. The molecule has 0 unspecified atom stereocenters. The first-order chi connectivity index (χ1) is 14.5. The van der Waals surface area contributed by atoms with E-state index in [4.69, 9.17) is 14.6 Å². The van der Waals surface area contributed by atoms with Gasteiger partial charge in [-0.1, -0.05) is 0 Å². The van der Waals surface area contributed by atoms with Crippen LogP contribution in [-0.2, 0) is 0 Å². The number of halogens is 2. The van der Waals surface area contributed by atoms with E-state index in [9.17, 15) is 13.6 Å². The quantitative estimate of drug-likeness (QED) is 0.778. The molecule has 4 rings (SSSR count). The number of hydrogen-bond acceptors (Lipinski definition) is 7. The molecule has 2 aromatic rings. The number of carbonyl (C=O) groups is 1. The molecule has 1 aromatic heterocycles. The van der Waals surface area contributed by atoms with Crippen molar-refractivity contribution >= 4 is 23.4 Å². The van der Waals surface area contributed by atoms with Gasteiger partial charge >= 0.3 is 6.09 Å². The molecule has 9 nitrogen and oxygen atoms in total. The first-order valence-electron chi connectivity index (χ1n) is 9.50. The van der Waals surface area contributed by atoms with Gasteiger partial charge in [-0.15, -0.1) is 0 Å². The number of likely N-dealkylation sites (tertiary alicyclic amines) is 1. The van der Waals surface area contributed by atoms with Crippen LogP contribution in [0, 0.1) is 11.6 Å². The van der Waals surface area contributed by atoms with Gasteiger partial charge in [0, 0.05) is 31.3 Å². The molecule has 1 saturated heterocycles. The summed E-state index contributed by atoms with van der Waals surface area (Å²) in [5, 5.41) is 11.8. The summed E-state index contributed by atoms with van der Waals surface area (Å²) in [5.74, 6) is -0.618. The standard InChI is InChI=1S/C19H21F2N5O4/c1-29-12-8-13(20)15(14(21)9-12)24-17-16-18(23-10-22-17)26(6-7-30-16)11-2-4-25(5-3-11)19(27)28/h8-11H,2-7H2,1H3,(H,27,28)(H,22,23,24). The van der Waals surface area contributed by atoms with Crippen LogP contribution < -0.4 is 19.7 Å². The van der Waals surface area contributed by atoms with Gasteiger partial charge in [-0.2, -0.15) is 0 Å². The van der Waals surface area contributed by atoms with Gasteiger partial charge in [-0.05, 0) is 12.8 Å². The Bertz CT molecular complexity index is 930. The van der Waals surface area contributed by atoms with Crippen LogP contribution in [0.1, 0.15) is 12.8 Å². The SMILES string of the molecule is COc1cc(F)c(Nc2ncnc3c2OCCN3C2CCN(C(=O)O)CC2)c(F)c1. The highest BCUT2D eigenvalue weighted by atomic mass is 19.1. The number of anilines is 3. The van der Waals surface area contributed by atoms with Crippen LogP contribution in [0.5, 0.6) is 11.5 Å². The second-order valence-corrected chi connectivity index (χ2v) is 7.01. The third-order valence-electron chi connectivity index (χ3n) is 5.31. The molecular weight excluding hydrogens is 400 g/mol. The molecule has 0 aliphatic carbocycles. The van der Waals surface area contributed by atoms with Crippen LogP contribution in [0.25, 0.3) is 0 Å². The van der Waals surface area contributed by atoms with Crippen LogP contribution in [0.4, 0.5) is 30.9 Å². The average molecular weight is 421 g/mol. The minimum Gasteiger partial charge on any atom is -0.497 e. The van der Waals surface area contributed by atoms with E-state index in [2.05, 4.69) is 15.3 Å². The molecule has 2 aliphatic rings. The van der Waals surface area contributed by atoms with Crippen LogP contribution in [0.3, 0.4) is 0 Å². The summed E-state index contributed by atoms with van der Waals surface area (Å²) in [6, 6.07) is 2.23. The molecule has 11 heteroatoms. The van der Waals surface area contributed by atoms with E-state index >= 15 is 0 Å². The van der Waals surface area contributed by atoms with Gasteiger partial charge in [0.1, 0.15) is 24.4 Å². The Morgan fingerprint density at radius 3 is 2.57 bits per heavy atom. The monoisotopic (exact) mass is 421 g/mol. The topological polar surface area (TPSA) is 100 Å². The van der Waals surface area contributed by atoms with E-state index in [1.165, 1.54) is 18.3 Å². The summed E-state index contributed by atoms with van der Waals surface area (Å²) in [7, 11) is 1.32. The van der Waals surface area contributed by atoms with Crippen molar-refractivity contribution in [2.45, 2.75) is 18.9 Å². The van der Waals surface area contributed by atoms with E-state index in [0.29, 0.717) is 50.7 Å². The molecular formula is C19H21F2N5O4. The number of rotatable bonds is 4. The van der Waals surface area contributed by atoms with Gasteiger partial charge in [0.25, 0.3) is 0 Å². The van der Waals surface area contributed by atoms with Crippen molar-refractivity contribution in [1.82, 2.24) is 14.9 Å². The largest absolute Gasteiger partial charge is 0.497 e. The highest BCUT2D eigenvalue weighted by Gasteiger charge is 2.32. The molecule has 1 fully saturated rings. The Morgan fingerprint density at radius 2 is 1.93 bits per heavy atom. The maximum Gasteiger partial charge on any atom is 0.407 e. The number of hydrogen-bond donors (Lipinski definition) is 2. The highest BCUT2D eigenvalue weighted by Crippen LogP contribution is 2.39. The van der Waals surface area contributed by atoms with E-state index in [1.54, 1.807) is 0 Å². The number of nitrogens with one attached hydrogen (secondary N) is 1. The fraction of sp³-hybridized carbons (Fsp3) is 0.421. The molecule has 30 heavy (non-hydrogen) atoms. The minimum atomic E-state index is -0.923. The predicted molar refractivity (Wildman–Crippen MR) is 104 cm³/mol. The Kier molecular flexibility index (Phi) is 5.42. The third kappa shape index (κ3) is 3.74. The van der Waals surface area contributed by atoms with Crippen molar-refractivity contribution in [3.05, 3.63) is 30.1 Å². The number of piperidine rings is 1. The molecule has 2 N–H and O–H groups in total. The van der Waals surface area contributed by atoms with Crippen molar-refractivity contribution < 1.29 is 28.2 Å². The molecule has 0 bridgehead atoms.